The summed E-state index contributed by atoms with van der Waals surface area (Å²) in [6.45, 7) is 0.335. The van der Waals surface area contributed by atoms with Crippen LogP contribution in [0.2, 0.25) is 0 Å². The van der Waals surface area contributed by atoms with Crippen LogP contribution in [0.3, 0.4) is 0 Å². The zero-order valence-electron chi connectivity index (χ0n) is 9.52. The zero-order valence-corrected chi connectivity index (χ0v) is 9.52. The molecule has 0 aliphatic carbocycles. The second-order valence-corrected chi connectivity index (χ2v) is 3.62. The number of carboxylic acids is 1. The van der Waals surface area contributed by atoms with Gasteiger partial charge in [-0.25, -0.2) is 9.97 Å². The quantitative estimate of drug-likeness (QED) is 0.729. The van der Waals surface area contributed by atoms with Gasteiger partial charge >= 0.3 is 5.97 Å². The molecule has 92 valence electrons. The van der Waals surface area contributed by atoms with Gasteiger partial charge in [-0.3, -0.25) is 4.79 Å². The fourth-order valence-electron chi connectivity index (χ4n) is 1.41. The maximum Gasteiger partial charge on any atom is 0.309 e. The molecule has 0 fully saturated rings. The molecule has 2 rings (SSSR count). The van der Waals surface area contributed by atoms with E-state index in [1.54, 1.807) is 35.4 Å². The molecule has 7 nitrogen and oxygen atoms in total. The van der Waals surface area contributed by atoms with E-state index in [1.807, 2.05) is 0 Å². The highest BCUT2D eigenvalue weighted by atomic mass is 16.4. The van der Waals surface area contributed by atoms with Gasteiger partial charge in [0.05, 0.1) is 5.69 Å². The van der Waals surface area contributed by atoms with Crippen LogP contribution in [0.5, 0.6) is 0 Å². The topological polar surface area (TPSA) is 106 Å². The molecule has 0 saturated heterocycles. The van der Waals surface area contributed by atoms with Crippen molar-refractivity contribution < 1.29 is 14.6 Å². The predicted molar refractivity (Wildman–Crippen MR) is 62.1 cm³/mol. The van der Waals surface area contributed by atoms with Gasteiger partial charge in [-0.2, -0.15) is 0 Å². The molecule has 0 aliphatic rings. The number of anilines is 1. The van der Waals surface area contributed by atoms with Gasteiger partial charge in [0.25, 0.3) is 0 Å². The molecular weight excluding hydrogens is 234 g/mol. The summed E-state index contributed by atoms with van der Waals surface area (Å²) in [4.78, 5) is 18.3. The number of aromatic nitrogens is 4. The molecule has 0 spiro atoms. The number of aliphatic carboxylic acids is 1. The van der Waals surface area contributed by atoms with Gasteiger partial charge in [0.2, 0.25) is 5.95 Å². The van der Waals surface area contributed by atoms with Crippen LogP contribution in [-0.2, 0) is 11.3 Å². The van der Waals surface area contributed by atoms with Crippen molar-refractivity contribution in [3.8, 4) is 11.3 Å². The van der Waals surface area contributed by atoms with E-state index >= 15 is 0 Å². The van der Waals surface area contributed by atoms with E-state index in [2.05, 4.69) is 15.1 Å². The molecule has 3 N–H and O–H groups in total. The number of carbonyl (C=O) groups is 1. The first kappa shape index (κ1) is 11.9. The number of nitrogens with two attached hydrogens (primary N) is 1. The van der Waals surface area contributed by atoms with E-state index in [0.717, 1.165) is 5.56 Å². The zero-order chi connectivity index (χ0) is 13.0. The molecule has 0 aliphatic heterocycles. The van der Waals surface area contributed by atoms with Gasteiger partial charge in [0.1, 0.15) is 12.6 Å². The number of nitrogen functional groups attached to an aromatic ring is 1. The predicted octanol–water partition coefficient (Wildman–Crippen LogP) is -0.117. The van der Waals surface area contributed by atoms with Crippen LogP contribution < -0.4 is 10.4 Å². The van der Waals surface area contributed by atoms with Crippen LogP contribution >= 0.6 is 0 Å². The number of carboxylic acid groups (broad SMARTS) is 1. The summed E-state index contributed by atoms with van der Waals surface area (Å²) >= 11 is 0. The molecule has 0 amide bonds. The first-order chi connectivity index (χ1) is 8.65. The second kappa shape index (κ2) is 5.17. The molecule has 7 heteroatoms. The molecule has 0 atom stereocenters. The van der Waals surface area contributed by atoms with Crippen LogP contribution in [-0.4, -0.2) is 26.1 Å². The normalized spacial score (nSPS) is 10.2. The Morgan fingerprint density at radius 2 is 2.28 bits per heavy atom. The van der Waals surface area contributed by atoms with E-state index < -0.39 is 5.97 Å². The Bertz CT molecular complexity index is 556. The first-order valence-corrected chi connectivity index (χ1v) is 5.31. The fraction of sp³-hybridized carbons (Fsp3) is 0.182. The van der Waals surface area contributed by atoms with Crippen LogP contribution in [0.1, 0.15) is 6.42 Å². The third-order valence-corrected chi connectivity index (χ3v) is 2.30. The summed E-state index contributed by atoms with van der Waals surface area (Å²) in [7, 11) is 0. The van der Waals surface area contributed by atoms with Crippen molar-refractivity contribution in [1.82, 2.24) is 15.1 Å². The number of nitrogens with zero attached hydrogens (tertiary/aromatic N) is 4. The third-order valence-electron chi connectivity index (χ3n) is 2.30. The lowest BCUT2D eigenvalue weighted by Crippen LogP contribution is -2.38. The monoisotopic (exact) mass is 246 g/mol. The van der Waals surface area contributed by atoms with Gasteiger partial charge < -0.3 is 10.8 Å². The Morgan fingerprint density at radius 1 is 1.44 bits per heavy atom. The second-order valence-electron chi connectivity index (χ2n) is 3.62. The van der Waals surface area contributed by atoms with Crippen molar-refractivity contribution >= 4 is 11.9 Å². The molecule has 2 heterocycles. The van der Waals surface area contributed by atoms with E-state index in [-0.39, 0.29) is 12.4 Å². The molecule has 0 radical (unpaired) electrons. The Kier molecular flexibility index (Phi) is 3.42. The minimum atomic E-state index is -0.850. The highest BCUT2D eigenvalue weighted by molar-refractivity contribution is 5.66. The summed E-state index contributed by atoms with van der Waals surface area (Å²) in [6, 6.07) is 3.53. The molecule has 2 aromatic heterocycles. The van der Waals surface area contributed by atoms with Crippen LogP contribution in [0.4, 0.5) is 5.95 Å². The maximum absolute atomic E-state index is 10.4. The number of rotatable bonds is 4. The van der Waals surface area contributed by atoms with Crippen molar-refractivity contribution in [2.75, 3.05) is 5.73 Å². The lowest BCUT2D eigenvalue weighted by molar-refractivity contribution is -0.752. The van der Waals surface area contributed by atoms with Gasteiger partial charge in [-0.05, 0) is 11.2 Å². The van der Waals surface area contributed by atoms with Gasteiger partial charge in [-0.15, -0.1) is 0 Å². The fourth-order valence-corrected chi connectivity index (χ4v) is 1.41. The summed E-state index contributed by atoms with van der Waals surface area (Å²) in [5.74, 6) is -0.646. The van der Waals surface area contributed by atoms with Crippen molar-refractivity contribution in [2.24, 2.45) is 0 Å². The van der Waals surface area contributed by atoms with Crippen molar-refractivity contribution in [2.45, 2.75) is 13.0 Å². The maximum atomic E-state index is 10.4. The van der Waals surface area contributed by atoms with Gasteiger partial charge in [0.15, 0.2) is 12.7 Å². The van der Waals surface area contributed by atoms with Crippen LogP contribution in [0, 0.1) is 0 Å². The molecule has 0 unspecified atom stereocenters. The Morgan fingerprint density at radius 3 is 2.89 bits per heavy atom. The van der Waals surface area contributed by atoms with Crippen molar-refractivity contribution in [1.29, 1.82) is 0 Å². The van der Waals surface area contributed by atoms with Gasteiger partial charge in [-0.1, -0.05) is 4.68 Å². The minimum Gasteiger partial charge on any atom is -0.481 e. The number of hydrogen-bond donors (Lipinski definition) is 2. The van der Waals surface area contributed by atoms with E-state index in [0.29, 0.717) is 12.2 Å². The van der Waals surface area contributed by atoms with E-state index in [1.165, 1.54) is 0 Å². The van der Waals surface area contributed by atoms with Crippen LogP contribution in [0.25, 0.3) is 11.3 Å². The average molecular weight is 246 g/mol. The van der Waals surface area contributed by atoms with E-state index in [9.17, 15) is 4.79 Å². The smallest absolute Gasteiger partial charge is 0.309 e. The molecule has 0 aromatic carbocycles. The molecule has 18 heavy (non-hydrogen) atoms. The number of aryl methyl sites for hydroxylation is 1. The lowest BCUT2D eigenvalue weighted by atomic mass is 10.2. The first-order valence-electron chi connectivity index (χ1n) is 5.31. The number of hydrogen-bond acceptors (Lipinski definition) is 5. The lowest BCUT2D eigenvalue weighted by Gasteiger charge is -1.99. The Balaban J connectivity index is 2.14. The summed E-state index contributed by atoms with van der Waals surface area (Å²) in [6.07, 6.45) is 4.93. The minimum absolute atomic E-state index is 0.0392. The molecular formula is C11H12N5O2+. The molecule has 0 saturated carbocycles. The SMILES string of the molecule is Nc1nccc(-c2cc[n+](CCC(=O)O)nc2)n1. The summed E-state index contributed by atoms with van der Waals surface area (Å²) in [5, 5.41) is 12.7. The van der Waals surface area contributed by atoms with Crippen molar-refractivity contribution in [3.63, 3.8) is 0 Å². The Hall–Kier alpha value is -2.57. The summed E-state index contributed by atoms with van der Waals surface area (Å²) < 4.78 is 1.56. The Labute approximate surface area is 103 Å². The standard InChI is InChI=1S/C11H11N5O2/c12-11-13-4-1-9(15-11)8-2-5-16(14-7-8)6-3-10(17)18/h1-2,4-5,7H,3,6H2,(H2-,12,13,15,17,18)/p+1. The van der Waals surface area contributed by atoms with Crippen LogP contribution in [0.15, 0.2) is 30.7 Å². The largest absolute Gasteiger partial charge is 0.481 e. The highest BCUT2D eigenvalue weighted by Crippen LogP contribution is 2.13. The van der Waals surface area contributed by atoms with E-state index in [4.69, 9.17) is 10.8 Å². The third kappa shape index (κ3) is 2.97. The average Bonchev–Trinajstić information content (AvgIpc) is 2.37. The van der Waals surface area contributed by atoms with Crippen molar-refractivity contribution in [3.05, 3.63) is 30.7 Å². The van der Waals surface area contributed by atoms with Gasteiger partial charge in [0, 0.05) is 17.8 Å². The highest BCUT2D eigenvalue weighted by Gasteiger charge is 2.08. The molecule has 0 bridgehead atoms. The molecule has 2 aromatic rings. The summed E-state index contributed by atoms with van der Waals surface area (Å²) in [5.41, 5.74) is 6.98.